The maximum Gasteiger partial charge on any atom is 0.119 e. The molecule has 0 fully saturated rings. The van der Waals surface area contributed by atoms with E-state index in [1.807, 2.05) is 0 Å². The lowest BCUT2D eigenvalue weighted by atomic mass is 9.85. The number of rotatable bonds is 14. The van der Waals surface area contributed by atoms with Gasteiger partial charge in [-0.05, 0) is 115 Å². The molecule has 0 atom stereocenters. The van der Waals surface area contributed by atoms with Crippen LogP contribution in [0, 0.1) is 0 Å². The second-order valence-electron chi connectivity index (χ2n) is 13.1. The quantitative estimate of drug-likeness (QED) is 0.0879. The van der Waals surface area contributed by atoms with E-state index in [0.29, 0.717) is 0 Å². The van der Waals surface area contributed by atoms with E-state index in [-0.39, 0.29) is 0 Å². The Kier molecular flexibility index (Phi) is 9.89. The Labute approximate surface area is 285 Å². The molecule has 0 radical (unpaired) electrons. The molecule has 7 rings (SSSR count). The highest BCUT2D eigenvalue weighted by atomic mass is 16.5. The Morgan fingerprint density at radius 3 is 1.15 bits per heavy atom. The molecule has 7 aromatic carbocycles. The smallest absolute Gasteiger partial charge is 0.119 e. The fourth-order valence-electron chi connectivity index (χ4n) is 7.13. The van der Waals surface area contributed by atoms with Crippen molar-refractivity contribution in [2.24, 2.45) is 0 Å². The van der Waals surface area contributed by atoms with Gasteiger partial charge >= 0.3 is 0 Å². The predicted octanol–water partition coefficient (Wildman–Crippen LogP) is 13.6. The van der Waals surface area contributed by atoms with Gasteiger partial charge in [0.25, 0.3) is 0 Å². The van der Waals surface area contributed by atoms with Crippen molar-refractivity contribution in [1.82, 2.24) is 0 Å². The summed E-state index contributed by atoms with van der Waals surface area (Å²) < 4.78 is 12.2. The van der Waals surface area contributed by atoms with Crippen molar-refractivity contribution >= 4 is 43.1 Å². The van der Waals surface area contributed by atoms with Gasteiger partial charge in [0.05, 0.1) is 13.2 Å². The molecule has 48 heavy (non-hydrogen) atoms. The van der Waals surface area contributed by atoms with Crippen LogP contribution in [0.5, 0.6) is 11.5 Å². The van der Waals surface area contributed by atoms with Crippen molar-refractivity contribution in [2.45, 2.75) is 65.2 Å². The van der Waals surface area contributed by atoms with Gasteiger partial charge in [0.15, 0.2) is 0 Å². The normalized spacial score (nSPS) is 11.5. The lowest BCUT2D eigenvalue weighted by molar-refractivity contribution is 0.305. The lowest BCUT2D eigenvalue weighted by Crippen LogP contribution is -1.97. The molecule has 7 aromatic rings. The SMILES string of the molecule is CCCCCCOc1ccc2cc(-c3c4ccccc4c(-c4ccc5cc(OCCCCCC)ccc5c4)c4ccccc34)ccc2c1. The van der Waals surface area contributed by atoms with Gasteiger partial charge in [0.2, 0.25) is 0 Å². The molecular formula is C46H46O2. The molecule has 0 aliphatic carbocycles. The summed E-state index contributed by atoms with van der Waals surface area (Å²) in [6.45, 7) is 6.04. The summed E-state index contributed by atoms with van der Waals surface area (Å²) in [5, 5.41) is 9.93. The molecule has 0 aromatic heterocycles. The number of ether oxygens (including phenoxy) is 2. The van der Waals surface area contributed by atoms with Gasteiger partial charge < -0.3 is 9.47 Å². The van der Waals surface area contributed by atoms with Crippen molar-refractivity contribution in [3.63, 3.8) is 0 Å². The average Bonchev–Trinajstić information content (AvgIpc) is 3.13. The summed E-state index contributed by atoms with van der Waals surface area (Å²) in [5.74, 6) is 1.90. The van der Waals surface area contributed by atoms with Crippen LogP contribution in [-0.2, 0) is 0 Å². The number of unbranched alkanes of at least 4 members (excludes halogenated alkanes) is 6. The third kappa shape index (κ3) is 6.76. The number of hydrogen-bond acceptors (Lipinski definition) is 2. The van der Waals surface area contributed by atoms with Crippen LogP contribution in [0.15, 0.2) is 121 Å². The van der Waals surface area contributed by atoms with Crippen LogP contribution in [0.2, 0.25) is 0 Å². The molecule has 0 aliphatic heterocycles. The van der Waals surface area contributed by atoms with Crippen molar-refractivity contribution < 1.29 is 9.47 Å². The highest BCUT2D eigenvalue weighted by molar-refractivity contribution is 6.22. The molecule has 2 heteroatoms. The van der Waals surface area contributed by atoms with E-state index < -0.39 is 0 Å². The zero-order chi connectivity index (χ0) is 32.7. The van der Waals surface area contributed by atoms with Gasteiger partial charge in [-0.2, -0.15) is 0 Å². The molecule has 0 amide bonds. The first-order valence-electron chi connectivity index (χ1n) is 18.0. The molecule has 0 unspecified atom stereocenters. The topological polar surface area (TPSA) is 18.5 Å². The van der Waals surface area contributed by atoms with E-state index in [4.69, 9.17) is 9.47 Å². The molecule has 0 spiro atoms. The molecule has 0 aliphatic rings. The third-order valence-corrected chi connectivity index (χ3v) is 9.67. The van der Waals surface area contributed by atoms with Crippen molar-refractivity contribution in [2.75, 3.05) is 13.2 Å². The minimum atomic E-state index is 0.778. The molecule has 0 heterocycles. The summed E-state index contributed by atoms with van der Waals surface area (Å²) in [5.41, 5.74) is 5.03. The summed E-state index contributed by atoms with van der Waals surface area (Å²) >= 11 is 0. The van der Waals surface area contributed by atoms with Crippen LogP contribution >= 0.6 is 0 Å². The molecule has 0 saturated heterocycles. The Bertz CT molecular complexity index is 1960. The molecule has 0 saturated carbocycles. The molecular weight excluding hydrogens is 585 g/mol. The average molecular weight is 631 g/mol. The Hall–Kier alpha value is -4.82. The number of fused-ring (bicyclic) bond motifs is 4. The summed E-state index contributed by atoms with van der Waals surface area (Å²) in [4.78, 5) is 0. The summed E-state index contributed by atoms with van der Waals surface area (Å²) in [7, 11) is 0. The van der Waals surface area contributed by atoms with E-state index in [2.05, 4.69) is 135 Å². The second-order valence-corrected chi connectivity index (χ2v) is 13.1. The van der Waals surface area contributed by atoms with Crippen LogP contribution in [-0.4, -0.2) is 13.2 Å². The van der Waals surface area contributed by atoms with E-state index >= 15 is 0 Å². The first kappa shape index (κ1) is 31.8. The van der Waals surface area contributed by atoms with Gasteiger partial charge in [-0.3, -0.25) is 0 Å². The van der Waals surface area contributed by atoms with Crippen LogP contribution in [0.1, 0.15) is 65.2 Å². The van der Waals surface area contributed by atoms with E-state index in [1.165, 1.54) is 104 Å². The van der Waals surface area contributed by atoms with Crippen LogP contribution in [0.4, 0.5) is 0 Å². The van der Waals surface area contributed by atoms with Crippen molar-refractivity contribution in [3.05, 3.63) is 121 Å². The van der Waals surface area contributed by atoms with Crippen molar-refractivity contribution in [3.8, 4) is 33.8 Å². The van der Waals surface area contributed by atoms with Gasteiger partial charge in [-0.1, -0.05) is 137 Å². The fraction of sp³-hybridized carbons (Fsp3) is 0.261. The zero-order valence-electron chi connectivity index (χ0n) is 28.4. The zero-order valence-corrected chi connectivity index (χ0v) is 28.4. The monoisotopic (exact) mass is 630 g/mol. The van der Waals surface area contributed by atoms with Gasteiger partial charge in [0.1, 0.15) is 11.5 Å². The maximum absolute atomic E-state index is 6.10. The van der Waals surface area contributed by atoms with E-state index in [0.717, 1.165) is 37.6 Å². The Balaban J connectivity index is 1.25. The summed E-state index contributed by atoms with van der Waals surface area (Å²) in [6, 6.07) is 44.5. The van der Waals surface area contributed by atoms with Crippen LogP contribution < -0.4 is 9.47 Å². The number of benzene rings is 7. The van der Waals surface area contributed by atoms with E-state index in [9.17, 15) is 0 Å². The molecule has 242 valence electrons. The third-order valence-electron chi connectivity index (χ3n) is 9.67. The van der Waals surface area contributed by atoms with Gasteiger partial charge in [-0.25, -0.2) is 0 Å². The molecule has 2 nitrogen and oxygen atoms in total. The first-order chi connectivity index (χ1) is 23.7. The van der Waals surface area contributed by atoms with Gasteiger partial charge in [-0.15, -0.1) is 0 Å². The highest BCUT2D eigenvalue weighted by Crippen LogP contribution is 2.44. The largest absolute Gasteiger partial charge is 0.494 e. The standard InChI is InChI=1S/C46H46O2/c1-3-5-7-13-27-47-39-25-23-33-29-37(21-19-35(33)31-39)45-41-15-9-11-17-43(41)46(44-18-12-10-16-42(44)45)38-22-20-36-32-40(26-24-34(36)30-38)48-28-14-8-6-4-2/h9-12,15-26,29-32H,3-8,13-14,27-28H2,1-2H3. The van der Waals surface area contributed by atoms with Gasteiger partial charge in [0, 0.05) is 0 Å². The highest BCUT2D eigenvalue weighted by Gasteiger charge is 2.17. The molecule has 0 N–H and O–H groups in total. The minimum absolute atomic E-state index is 0.778. The Morgan fingerprint density at radius 2 is 0.750 bits per heavy atom. The predicted molar refractivity (Wildman–Crippen MR) is 207 cm³/mol. The lowest BCUT2D eigenvalue weighted by Gasteiger charge is -2.18. The fourth-order valence-corrected chi connectivity index (χ4v) is 7.13. The maximum atomic E-state index is 6.10. The minimum Gasteiger partial charge on any atom is -0.494 e. The first-order valence-corrected chi connectivity index (χ1v) is 18.0. The van der Waals surface area contributed by atoms with E-state index in [1.54, 1.807) is 0 Å². The Morgan fingerprint density at radius 1 is 0.375 bits per heavy atom. The second kappa shape index (κ2) is 14.9. The van der Waals surface area contributed by atoms with Crippen molar-refractivity contribution in [1.29, 1.82) is 0 Å². The molecule has 0 bridgehead atoms. The summed E-state index contributed by atoms with van der Waals surface area (Å²) in [6.07, 6.45) is 9.69. The number of hydrogen-bond donors (Lipinski definition) is 0. The van der Waals surface area contributed by atoms with Crippen LogP contribution in [0.25, 0.3) is 65.3 Å². The van der Waals surface area contributed by atoms with Crippen LogP contribution in [0.3, 0.4) is 0 Å².